The molecule has 1 aromatic rings. The molecule has 1 aromatic heterocycles. The van der Waals surface area contributed by atoms with Gasteiger partial charge in [-0.15, -0.1) is 0 Å². The van der Waals surface area contributed by atoms with E-state index in [1.807, 2.05) is 0 Å². The normalized spacial score (nSPS) is 9.80. The van der Waals surface area contributed by atoms with Gasteiger partial charge in [0.25, 0.3) is 5.56 Å². The first kappa shape index (κ1) is 7.06. The molecule has 0 saturated heterocycles. The fourth-order valence-corrected chi connectivity index (χ4v) is 0.740. The van der Waals surface area contributed by atoms with E-state index in [0.717, 1.165) is 6.07 Å². The van der Waals surface area contributed by atoms with E-state index >= 15 is 0 Å². The number of hydrogen-bond acceptors (Lipinski definition) is 1. The molecule has 0 fully saturated rings. The molecule has 2 nitrogen and oxygen atoms in total. The van der Waals surface area contributed by atoms with Gasteiger partial charge in [0, 0.05) is 19.3 Å². The lowest BCUT2D eigenvalue weighted by molar-refractivity contribution is 0.626. The zero-order valence-corrected chi connectivity index (χ0v) is 5.89. The lowest BCUT2D eigenvalue weighted by Crippen LogP contribution is -2.23. The van der Waals surface area contributed by atoms with Gasteiger partial charge < -0.3 is 4.57 Å². The van der Waals surface area contributed by atoms with Gasteiger partial charge in [-0.2, -0.15) is 0 Å². The van der Waals surface area contributed by atoms with Crippen molar-refractivity contribution in [1.82, 2.24) is 4.57 Å². The lowest BCUT2D eigenvalue weighted by atomic mass is 9.98. The Morgan fingerprint density at radius 3 is 2.80 bits per heavy atom. The first-order chi connectivity index (χ1) is 4.61. The topological polar surface area (TPSA) is 22.0 Å². The number of nitrogens with zero attached hydrogens (tertiary/aromatic N) is 1. The first-order valence-corrected chi connectivity index (χ1v) is 2.94. The van der Waals surface area contributed by atoms with Gasteiger partial charge in [-0.1, -0.05) is 0 Å². The van der Waals surface area contributed by atoms with Gasteiger partial charge in [-0.25, -0.2) is 4.39 Å². The summed E-state index contributed by atoms with van der Waals surface area (Å²) in [6, 6.07) is 0.981. The summed E-state index contributed by atoms with van der Waals surface area (Å²) < 4.78 is 13.9. The monoisotopic (exact) mass is 139 g/mol. The first-order valence-electron chi connectivity index (χ1n) is 2.94. The number of hydrogen-bond donors (Lipinski definition) is 0. The van der Waals surface area contributed by atoms with Gasteiger partial charge >= 0.3 is 0 Å². The van der Waals surface area contributed by atoms with E-state index in [2.05, 4.69) is 0 Å². The van der Waals surface area contributed by atoms with Crippen LogP contribution < -0.4 is 11.0 Å². The highest BCUT2D eigenvalue weighted by atomic mass is 19.1. The molecule has 0 atom stereocenters. The van der Waals surface area contributed by atoms with Crippen LogP contribution in [-0.4, -0.2) is 12.4 Å². The van der Waals surface area contributed by atoms with Crippen LogP contribution >= 0.6 is 0 Å². The van der Waals surface area contributed by atoms with Crippen molar-refractivity contribution in [2.24, 2.45) is 7.05 Å². The highest BCUT2D eigenvalue weighted by Crippen LogP contribution is 1.83. The van der Waals surface area contributed by atoms with Crippen molar-refractivity contribution in [3.05, 3.63) is 28.4 Å². The number of aromatic nitrogens is 1. The predicted molar refractivity (Wildman–Crippen MR) is 39.8 cm³/mol. The molecule has 1 heterocycles. The second-order valence-electron chi connectivity index (χ2n) is 2.25. The summed E-state index contributed by atoms with van der Waals surface area (Å²) in [7, 11) is 3.21. The third kappa shape index (κ3) is 1.10. The largest absolute Gasteiger partial charge is 0.319 e. The van der Waals surface area contributed by atoms with Crippen LogP contribution in [0.2, 0.25) is 0 Å². The van der Waals surface area contributed by atoms with E-state index in [9.17, 15) is 9.18 Å². The summed E-state index contributed by atoms with van der Waals surface area (Å²) in [5.41, 5.74) is 0.171. The van der Waals surface area contributed by atoms with E-state index < -0.39 is 5.82 Å². The maximum absolute atomic E-state index is 12.5. The highest BCUT2D eigenvalue weighted by Gasteiger charge is 1.97. The van der Waals surface area contributed by atoms with Crippen LogP contribution in [0.5, 0.6) is 0 Å². The quantitative estimate of drug-likeness (QED) is 0.413. The molecule has 10 heavy (non-hydrogen) atoms. The molecular formula is C6H7BFNO. The number of aryl methyl sites for hydroxylation is 1. The van der Waals surface area contributed by atoms with E-state index in [1.54, 1.807) is 14.9 Å². The zero-order valence-electron chi connectivity index (χ0n) is 5.89. The second-order valence-corrected chi connectivity index (χ2v) is 2.25. The summed E-state index contributed by atoms with van der Waals surface area (Å²) >= 11 is 0. The smallest absolute Gasteiger partial charge is 0.253 e. The molecule has 1 rings (SSSR count). The van der Waals surface area contributed by atoms with Crippen molar-refractivity contribution >= 4 is 13.3 Å². The minimum absolute atomic E-state index is 0.317. The second kappa shape index (κ2) is 2.29. The van der Waals surface area contributed by atoms with Crippen LogP contribution in [0.4, 0.5) is 4.39 Å². The Morgan fingerprint density at radius 2 is 2.30 bits per heavy atom. The van der Waals surface area contributed by atoms with Gasteiger partial charge in [0.1, 0.15) is 13.7 Å². The number of pyridine rings is 1. The molecular weight excluding hydrogens is 132 g/mol. The van der Waals surface area contributed by atoms with Gasteiger partial charge in [0.15, 0.2) is 0 Å². The Balaban J connectivity index is 3.43. The number of halogens is 1. The summed E-state index contributed by atoms with van der Waals surface area (Å²) in [6.07, 6.45) is 1.47. The SMILES string of the molecule is Bc1cn(C)c(=O)cc1F. The zero-order chi connectivity index (χ0) is 7.72. The molecule has 52 valence electrons. The molecule has 0 radical (unpaired) electrons. The summed E-state index contributed by atoms with van der Waals surface area (Å²) in [4.78, 5) is 10.7. The Kier molecular flexibility index (Phi) is 1.61. The Labute approximate surface area is 58.7 Å². The molecule has 0 aliphatic rings. The number of rotatable bonds is 0. The molecule has 0 bridgehead atoms. The Bertz CT molecular complexity index is 307. The maximum Gasteiger partial charge on any atom is 0.253 e. The summed E-state index contributed by atoms with van der Waals surface area (Å²) in [5, 5.41) is 0. The van der Waals surface area contributed by atoms with Crippen LogP contribution in [0.25, 0.3) is 0 Å². The average Bonchev–Trinajstić information content (AvgIpc) is 1.84. The predicted octanol–water partition coefficient (Wildman–Crippen LogP) is -1.22. The standard InChI is InChI=1S/C6H7BFNO/c1-9-3-4(7)5(8)2-6(9)10/h2-3H,7H2,1H3. The van der Waals surface area contributed by atoms with Crippen molar-refractivity contribution in [2.45, 2.75) is 0 Å². The molecule has 0 amide bonds. The van der Waals surface area contributed by atoms with Crippen molar-refractivity contribution in [3.63, 3.8) is 0 Å². The molecule has 0 spiro atoms. The fourth-order valence-electron chi connectivity index (χ4n) is 0.740. The van der Waals surface area contributed by atoms with Crippen LogP contribution in [-0.2, 0) is 7.05 Å². The molecule has 0 N–H and O–H groups in total. The van der Waals surface area contributed by atoms with E-state index in [1.165, 1.54) is 10.8 Å². The van der Waals surface area contributed by atoms with Crippen molar-refractivity contribution in [1.29, 1.82) is 0 Å². The van der Waals surface area contributed by atoms with Gasteiger partial charge in [0.2, 0.25) is 0 Å². The van der Waals surface area contributed by atoms with E-state index in [-0.39, 0.29) is 5.56 Å². The molecule has 0 saturated carbocycles. The minimum Gasteiger partial charge on any atom is -0.319 e. The van der Waals surface area contributed by atoms with Gasteiger partial charge in [-0.3, -0.25) is 4.79 Å². The lowest BCUT2D eigenvalue weighted by Gasteiger charge is -1.98. The highest BCUT2D eigenvalue weighted by molar-refractivity contribution is 6.32. The van der Waals surface area contributed by atoms with Gasteiger partial charge in [0.05, 0.1) is 0 Å². The maximum atomic E-state index is 12.5. The third-order valence-electron chi connectivity index (χ3n) is 1.36. The van der Waals surface area contributed by atoms with Crippen LogP contribution in [0.1, 0.15) is 0 Å². The van der Waals surface area contributed by atoms with Gasteiger partial charge in [-0.05, 0) is 5.46 Å². The average molecular weight is 139 g/mol. The Morgan fingerprint density at radius 1 is 1.70 bits per heavy atom. The van der Waals surface area contributed by atoms with Crippen molar-refractivity contribution < 1.29 is 4.39 Å². The van der Waals surface area contributed by atoms with Crippen molar-refractivity contribution in [2.75, 3.05) is 0 Å². The molecule has 0 unspecified atom stereocenters. The van der Waals surface area contributed by atoms with Crippen LogP contribution in [0, 0.1) is 5.82 Å². The molecule has 4 heteroatoms. The fraction of sp³-hybridized carbons (Fsp3) is 0.167. The Hall–Kier alpha value is -1.06. The van der Waals surface area contributed by atoms with E-state index in [4.69, 9.17) is 0 Å². The molecule has 0 aliphatic heterocycles. The van der Waals surface area contributed by atoms with Crippen LogP contribution in [0.3, 0.4) is 0 Å². The molecule has 0 aromatic carbocycles. The third-order valence-corrected chi connectivity index (χ3v) is 1.36. The van der Waals surface area contributed by atoms with Crippen LogP contribution in [0.15, 0.2) is 17.1 Å². The minimum atomic E-state index is -0.442. The summed E-state index contributed by atoms with van der Waals surface area (Å²) in [6.45, 7) is 0. The summed E-state index contributed by atoms with van der Waals surface area (Å²) in [5.74, 6) is -0.442. The van der Waals surface area contributed by atoms with E-state index in [0.29, 0.717) is 5.46 Å². The molecule has 0 aliphatic carbocycles. The van der Waals surface area contributed by atoms with Crippen molar-refractivity contribution in [3.8, 4) is 0 Å².